The Hall–Kier alpha value is -2.91. The topological polar surface area (TPSA) is 105 Å². The van der Waals surface area contributed by atoms with E-state index in [1.54, 1.807) is 55.5 Å². The van der Waals surface area contributed by atoms with Crippen LogP contribution in [0.4, 0.5) is 5.69 Å². The van der Waals surface area contributed by atoms with E-state index in [1.807, 2.05) is 6.92 Å². The van der Waals surface area contributed by atoms with Crippen molar-refractivity contribution in [3.8, 4) is 5.75 Å². The molecule has 0 radical (unpaired) electrons. The van der Waals surface area contributed by atoms with E-state index in [-0.39, 0.29) is 35.7 Å². The largest absolute Gasteiger partial charge is 0.494 e. The molecular weight excluding hydrogens is 466 g/mol. The average Bonchev–Trinajstić information content (AvgIpc) is 2.85. The zero-order chi connectivity index (χ0) is 25.4. The Morgan fingerprint density at radius 2 is 1.69 bits per heavy atom. The molecular formula is C26H35N3O5S. The zero-order valence-corrected chi connectivity index (χ0v) is 21.4. The van der Waals surface area contributed by atoms with E-state index in [0.29, 0.717) is 25.1 Å². The number of unbranched alkanes of at least 4 members (excludes halogenated alkanes) is 1. The first-order valence-electron chi connectivity index (χ1n) is 12.1. The molecule has 1 aliphatic rings. The van der Waals surface area contributed by atoms with E-state index in [0.717, 1.165) is 24.2 Å². The van der Waals surface area contributed by atoms with E-state index >= 15 is 0 Å². The van der Waals surface area contributed by atoms with Crippen LogP contribution in [0, 0.1) is 12.8 Å². The lowest BCUT2D eigenvalue weighted by atomic mass is 9.97. The quantitative estimate of drug-likeness (QED) is 0.483. The van der Waals surface area contributed by atoms with Crippen molar-refractivity contribution in [2.75, 3.05) is 25.0 Å². The first-order chi connectivity index (χ1) is 16.7. The maximum Gasteiger partial charge on any atom is 0.246 e. The Morgan fingerprint density at radius 3 is 2.29 bits per heavy atom. The maximum absolute atomic E-state index is 12.9. The maximum atomic E-state index is 12.9. The second-order valence-electron chi connectivity index (χ2n) is 8.94. The highest BCUT2D eigenvalue weighted by Crippen LogP contribution is 2.24. The molecule has 2 N–H and O–H groups in total. The molecule has 1 saturated heterocycles. The van der Waals surface area contributed by atoms with Gasteiger partial charge in [-0.25, -0.2) is 8.42 Å². The molecule has 0 saturated carbocycles. The van der Waals surface area contributed by atoms with E-state index < -0.39 is 16.1 Å². The van der Waals surface area contributed by atoms with E-state index in [1.165, 1.54) is 4.31 Å². The molecule has 0 bridgehead atoms. The van der Waals surface area contributed by atoms with Gasteiger partial charge in [0.25, 0.3) is 0 Å². The molecule has 1 aliphatic heterocycles. The second-order valence-corrected chi connectivity index (χ2v) is 10.9. The molecule has 2 aromatic rings. The summed E-state index contributed by atoms with van der Waals surface area (Å²) < 4.78 is 32.8. The standard InChI is InChI=1S/C26H35N3O5S/c1-4-5-18-34-23-10-8-22(9-11-23)28-25(30)20(3)27-26(31)21-14-16-29(17-15-21)35(32,33)24-12-6-19(2)7-13-24/h6-13,20-21H,4-5,14-18H2,1-3H3,(H,27,31)(H,28,30)/t20-/m0/s1. The summed E-state index contributed by atoms with van der Waals surface area (Å²) in [6.07, 6.45) is 2.86. The van der Waals surface area contributed by atoms with E-state index in [9.17, 15) is 18.0 Å². The van der Waals surface area contributed by atoms with Crippen molar-refractivity contribution >= 4 is 27.5 Å². The fourth-order valence-electron chi connectivity index (χ4n) is 3.83. The van der Waals surface area contributed by atoms with Crippen molar-refractivity contribution in [1.29, 1.82) is 0 Å². The van der Waals surface area contributed by atoms with Gasteiger partial charge >= 0.3 is 0 Å². The van der Waals surface area contributed by atoms with Crippen molar-refractivity contribution in [3.63, 3.8) is 0 Å². The minimum absolute atomic E-state index is 0.236. The fraction of sp³-hybridized carbons (Fsp3) is 0.462. The van der Waals surface area contributed by atoms with Gasteiger partial charge in [-0.3, -0.25) is 9.59 Å². The molecule has 1 fully saturated rings. The van der Waals surface area contributed by atoms with Gasteiger partial charge in [0.05, 0.1) is 11.5 Å². The first-order valence-corrected chi connectivity index (χ1v) is 13.6. The number of amides is 2. The first kappa shape index (κ1) is 26.7. The summed E-state index contributed by atoms with van der Waals surface area (Å²) in [4.78, 5) is 25.5. The Labute approximate surface area is 208 Å². The lowest BCUT2D eigenvalue weighted by Gasteiger charge is -2.31. The summed E-state index contributed by atoms with van der Waals surface area (Å²) in [5.41, 5.74) is 1.61. The lowest BCUT2D eigenvalue weighted by Crippen LogP contribution is -2.47. The van der Waals surface area contributed by atoms with Crippen LogP contribution in [0.25, 0.3) is 0 Å². The fourth-order valence-corrected chi connectivity index (χ4v) is 5.30. The molecule has 2 aromatic carbocycles. The molecule has 0 aromatic heterocycles. The predicted molar refractivity (Wildman–Crippen MR) is 136 cm³/mol. The van der Waals surface area contributed by atoms with Crippen LogP contribution in [0.1, 0.15) is 45.1 Å². The van der Waals surface area contributed by atoms with Gasteiger partial charge in [-0.05, 0) is 69.5 Å². The van der Waals surface area contributed by atoms with E-state index in [4.69, 9.17) is 4.74 Å². The van der Waals surface area contributed by atoms with Crippen molar-refractivity contribution < 1.29 is 22.7 Å². The summed E-state index contributed by atoms with van der Waals surface area (Å²) in [6, 6.07) is 13.2. The van der Waals surface area contributed by atoms with Crippen LogP contribution >= 0.6 is 0 Å². The molecule has 0 aliphatic carbocycles. The number of hydrogen-bond donors (Lipinski definition) is 2. The van der Waals surface area contributed by atoms with Crippen LogP contribution in [-0.2, 0) is 19.6 Å². The number of sulfonamides is 1. The van der Waals surface area contributed by atoms with Crippen molar-refractivity contribution in [1.82, 2.24) is 9.62 Å². The lowest BCUT2D eigenvalue weighted by molar-refractivity contribution is -0.129. The number of benzene rings is 2. The van der Waals surface area contributed by atoms with Crippen LogP contribution < -0.4 is 15.4 Å². The third kappa shape index (κ3) is 7.29. The molecule has 35 heavy (non-hydrogen) atoms. The smallest absolute Gasteiger partial charge is 0.246 e. The predicted octanol–water partition coefficient (Wildman–Crippen LogP) is 3.72. The molecule has 190 valence electrons. The number of rotatable bonds is 10. The molecule has 1 atom stereocenters. The number of hydrogen-bond acceptors (Lipinski definition) is 5. The van der Waals surface area contributed by atoms with E-state index in [2.05, 4.69) is 17.6 Å². The molecule has 9 heteroatoms. The third-order valence-corrected chi connectivity index (χ3v) is 8.04. The third-order valence-electron chi connectivity index (χ3n) is 6.12. The Balaban J connectivity index is 1.46. The Bertz CT molecular complexity index is 1090. The minimum atomic E-state index is -3.58. The summed E-state index contributed by atoms with van der Waals surface area (Å²) in [5.74, 6) is -0.153. The number of anilines is 1. The van der Waals surface area contributed by atoms with Crippen molar-refractivity contribution in [3.05, 3.63) is 54.1 Å². The number of nitrogens with one attached hydrogen (secondary N) is 2. The van der Waals surface area contributed by atoms with Gasteiger partial charge in [0.15, 0.2) is 0 Å². The van der Waals surface area contributed by atoms with Gasteiger partial charge < -0.3 is 15.4 Å². The summed E-state index contributed by atoms with van der Waals surface area (Å²) >= 11 is 0. The van der Waals surface area contributed by atoms with Crippen LogP contribution in [0.15, 0.2) is 53.4 Å². The van der Waals surface area contributed by atoms with Crippen LogP contribution in [0.2, 0.25) is 0 Å². The van der Waals surface area contributed by atoms with Crippen LogP contribution in [0.5, 0.6) is 5.75 Å². The van der Waals surface area contributed by atoms with Crippen molar-refractivity contribution in [2.24, 2.45) is 5.92 Å². The zero-order valence-electron chi connectivity index (χ0n) is 20.6. The number of piperidine rings is 1. The van der Waals surface area contributed by atoms with Gasteiger partial charge in [0.1, 0.15) is 11.8 Å². The SMILES string of the molecule is CCCCOc1ccc(NC(=O)[C@H](C)NC(=O)C2CCN(S(=O)(=O)c3ccc(C)cc3)CC2)cc1. The van der Waals surface area contributed by atoms with Gasteiger partial charge in [0.2, 0.25) is 21.8 Å². The number of nitrogens with zero attached hydrogens (tertiary/aromatic N) is 1. The summed E-state index contributed by atoms with van der Waals surface area (Å²) in [5, 5.41) is 5.56. The Morgan fingerprint density at radius 1 is 1.06 bits per heavy atom. The molecule has 2 amide bonds. The summed E-state index contributed by atoms with van der Waals surface area (Å²) in [6.45, 7) is 6.82. The monoisotopic (exact) mass is 501 g/mol. The van der Waals surface area contributed by atoms with Gasteiger partial charge in [-0.1, -0.05) is 31.0 Å². The van der Waals surface area contributed by atoms with Crippen LogP contribution in [-0.4, -0.2) is 50.3 Å². The van der Waals surface area contributed by atoms with Gasteiger partial charge in [-0.2, -0.15) is 4.31 Å². The van der Waals surface area contributed by atoms with Gasteiger partial charge in [-0.15, -0.1) is 0 Å². The highest BCUT2D eigenvalue weighted by Gasteiger charge is 2.32. The normalized spacial score (nSPS) is 15.9. The molecule has 1 heterocycles. The molecule has 3 rings (SSSR count). The molecule has 0 unspecified atom stereocenters. The van der Waals surface area contributed by atoms with Crippen molar-refractivity contribution in [2.45, 2.75) is 57.4 Å². The molecule has 0 spiro atoms. The number of ether oxygens (including phenoxy) is 1. The minimum Gasteiger partial charge on any atom is -0.494 e. The van der Waals surface area contributed by atoms with Crippen LogP contribution in [0.3, 0.4) is 0 Å². The average molecular weight is 502 g/mol. The highest BCUT2D eigenvalue weighted by molar-refractivity contribution is 7.89. The summed E-state index contributed by atoms with van der Waals surface area (Å²) in [7, 11) is -3.58. The highest BCUT2D eigenvalue weighted by atomic mass is 32.2. The second kappa shape index (κ2) is 12.2. The number of carbonyl (C=O) groups excluding carboxylic acids is 2. The molecule has 8 nitrogen and oxygen atoms in total. The number of carbonyl (C=O) groups is 2. The number of aryl methyl sites for hydroxylation is 1. The Kier molecular flexibility index (Phi) is 9.28. The van der Waals surface area contributed by atoms with Gasteiger partial charge in [0, 0.05) is 24.7 Å².